The van der Waals surface area contributed by atoms with E-state index in [1.165, 1.54) is 11.2 Å². The summed E-state index contributed by atoms with van der Waals surface area (Å²) in [5.74, 6) is 0.505. The highest BCUT2D eigenvalue weighted by Crippen LogP contribution is 2.33. The van der Waals surface area contributed by atoms with Gasteiger partial charge in [0.2, 0.25) is 0 Å². The summed E-state index contributed by atoms with van der Waals surface area (Å²) in [7, 11) is 0. The number of benzene rings is 1. The molecule has 0 radical (unpaired) electrons. The zero-order chi connectivity index (χ0) is 28.0. The van der Waals surface area contributed by atoms with Gasteiger partial charge >= 0.3 is 11.7 Å². The minimum atomic E-state index is -0.958. The maximum Gasteiger partial charge on any atom is 0.339 e. The molecular weight excluding hydrogens is 512 g/mol. The number of amides is 3. The smallest absolute Gasteiger partial charge is 0.339 e. The summed E-state index contributed by atoms with van der Waals surface area (Å²) in [6.07, 6.45) is 4.30. The van der Waals surface area contributed by atoms with Crippen molar-refractivity contribution in [3.63, 3.8) is 0 Å². The third kappa shape index (κ3) is 4.14. The van der Waals surface area contributed by atoms with Gasteiger partial charge in [0, 0.05) is 55.4 Å². The van der Waals surface area contributed by atoms with Crippen molar-refractivity contribution in [2.75, 3.05) is 42.5 Å². The van der Waals surface area contributed by atoms with Crippen molar-refractivity contribution in [2.45, 2.75) is 45.6 Å². The van der Waals surface area contributed by atoms with Crippen LogP contribution in [0.1, 0.15) is 37.8 Å². The molecule has 2 N–H and O–H groups in total. The van der Waals surface area contributed by atoms with Crippen LogP contribution in [0.3, 0.4) is 0 Å². The summed E-state index contributed by atoms with van der Waals surface area (Å²) in [6.45, 7) is 8.94. The van der Waals surface area contributed by atoms with E-state index in [0.717, 1.165) is 40.9 Å². The Balaban J connectivity index is 1.17. The van der Waals surface area contributed by atoms with E-state index in [9.17, 15) is 14.4 Å². The number of urea groups is 1. The van der Waals surface area contributed by atoms with E-state index in [1.807, 2.05) is 25.1 Å². The number of carbonyl (C=O) groups excluding carboxylic acids is 2. The van der Waals surface area contributed by atoms with E-state index >= 15 is 0 Å². The van der Waals surface area contributed by atoms with Crippen LogP contribution in [0, 0.1) is 6.92 Å². The number of imide groups is 1. The van der Waals surface area contributed by atoms with Crippen LogP contribution in [0.2, 0.25) is 0 Å². The summed E-state index contributed by atoms with van der Waals surface area (Å²) in [5.41, 5.74) is 2.08. The zero-order valence-electron chi connectivity index (χ0n) is 22.9. The Morgan fingerprint density at radius 1 is 1.07 bits per heavy atom. The lowest BCUT2D eigenvalue weighted by molar-refractivity contribution is -0.132. The van der Waals surface area contributed by atoms with Gasteiger partial charge in [-0.2, -0.15) is 5.10 Å². The van der Waals surface area contributed by atoms with Crippen molar-refractivity contribution in [2.24, 2.45) is 0 Å². The number of fused-ring (bicyclic) bond motifs is 2. The molecule has 1 spiro atoms. The Morgan fingerprint density at radius 3 is 2.60 bits per heavy atom. The van der Waals surface area contributed by atoms with Crippen molar-refractivity contribution in [3.8, 4) is 0 Å². The molecule has 2 saturated heterocycles. The van der Waals surface area contributed by atoms with Gasteiger partial charge in [-0.3, -0.25) is 14.8 Å². The quantitative estimate of drug-likeness (QED) is 0.265. The number of hydrogen-bond acceptors (Lipinski definition) is 9. The third-order valence-electron chi connectivity index (χ3n) is 8.37. The molecule has 4 aromatic rings. The van der Waals surface area contributed by atoms with Gasteiger partial charge < -0.3 is 19.5 Å². The minimum absolute atomic E-state index is 0.103. The topological polar surface area (TPSA) is 141 Å². The number of anilines is 2. The first-order chi connectivity index (χ1) is 19.3. The van der Waals surface area contributed by atoms with Gasteiger partial charge in [0.1, 0.15) is 23.3 Å². The average molecular weight is 545 g/mol. The first-order valence-corrected chi connectivity index (χ1v) is 13.7. The van der Waals surface area contributed by atoms with E-state index in [0.29, 0.717) is 42.7 Å². The molecule has 12 heteroatoms. The van der Waals surface area contributed by atoms with E-state index in [2.05, 4.69) is 49.1 Å². The maximum atomic E-state index is 13.5. The predicted molar refractivity (Wildman–Crippen MR) is 151 cm³/mol. The van der Waals surface area contributed by atoms with Gasteiger partial charge in [0.25, 0.3) is 5.91 Å². The van der Waals surface area contributed by atoms with E-state index in [4.69, 9.17) is 4.42 Å². The van der Waals surface area contributed by atoms with Crippen molar-refractivity contribution in [3.05, 3.63) is 52.3 Å². The number of aromatic amines is 1. The summed E-state index contributed by atoms with van der Waals surface area (Å²) in [4.78, 5) is 53.6. The number of aryl methyl sites for hydroxylation is 1. The normalized spacial score (nSPS) is 16.9. The molecule has 40 heavy (non-hydrogen) atoms. The molecule has 2 aliphatic rings. The number of nitrogens with one attached hydrogen (secondary N) is 2. The molecule has 3 amide bonds. The van der Waals surface area contributed by atoms with Crippen LogP contribution in [0.4, 0.5) is 16.3 Å². The SMILES string of the molecule is CCN(CC)c1ccc2c(C)c(CCN3C(=O)NC4(CCN(c5ncnc6[nH]ncc56)CC4)C3=O)c(=O)oc2c1. The molecule has 6 rings (SSSR count). The van der Waals surface area contributed by atoms with Crippen molar-refractivity contribution < 1.29 is 14.0 Å². The summed E-state index contributed by atoms with van der Waals surface area (Å²) in [5, 5.41) is 11.5. The molecule has 0 saturated carbocycles. The van der Waals surface area contributed by atoms with E-state index in [1.54, 1.807) is 6.20 Å². The second-order valence-corrected chi connectivity index (χ2v) is 10.4. The molecule has 2 fully saturated rings. The highest BCUT2D eigenvalue weighted by atomic mass is 16.4. The Morgan fingerprint density at radius 2 is 1.85 bits per heavy atom. The van der Waals surface area contributed by atoms with Crippen molar-refractivity contribution >= 4 is 45.4 Å². The van der Waals surface area contributed by atoms with Crippen LogP contribution >= 0.6 is 0 Å². The molecular formula is C28H32N8O4. The lowest BCUT2D eigenvalue weighted by Crippen LogP contribution is -2.55. The summed E-state index contributed by atoms with van der Waals surface area (Å²) < 4.78 is 5.70. The summed E-state index contributed by atoms with van der Waals surface area (Å²) in [6, 6.07) is 5.46. The van der Waals surface area contributed by atoms with E-state index < -0.39 is 17.2 Å². The maximum absolute atomic E-state index is 13.5. The van der Waals surface area contributed by atoms with Crippen LogP contribution in [0.25, 0.3) is 22.0 Å². The summed E-state index contributed by atoms with van der Waals surface area (Å²) >= 11 is 0. The molecule has 0 aliphatic carbocycles. The van der Waals surface area contributed by atoms with Gasteiger partial charge in [-0.15, -0.1) is 0 Å². The van der Waals surface area contributed by atoms with Crippen LogP contribution in [0.15, 0.2) is 39.9 Å². The van der Waals surface area contributed by atoms with Gasteiger partial charge in [-0.25, -0.2) is 19.6 Å². The Kier molecular flexibility index (Phi) is 6.40. The molecule has 1 aromatic carbocycles. The van der Waals surface area contributed by atoms with Crippen LogP contribution < -0.4 is 20.7 Å². The lowest BCUT2D eigenvalue weighted by Gasteiger charge is -2.37. The van der Waals surface area contributed by atoms with Crippen molar-refractivity contribution in [1.82, 2.24) is 30.4 Å². The van der Waals surface area contributed by atoms with E-state index in [-0.39, 0.29) is 18.9 Å². The van der Waals surface area contributed by atoms with Crippen LogP contribution in [0.5, 0.6) is 0 Å². The highest BCUT2D eigenvalue weighted by Gasteiger charge is 2.52. The molecule has 3 aromatic heterocycles. The van der Waals surface area contributed by atoms with Crippen LogP contribution in [-0.2, 0) is 11.2 Å². The first-order valence-electron chi connectivity index (χ1n) is 13.7. The lowest BCUT2D eigenvalue weighted by atomic mass is 9.87. The van der Waals surface area contributed by atoms with Gasteiger partial charge in [-0.1, -0.05) is 0 Å². The molecule has 0 atom stereocenters. The minimum Gasteiger partial charge on any atom is -0.422 e. The number of piperidine rings is 1. The largest absolute Gasteiger partial charge is 0.422 e. The highest BCUT2D eigenvalue weighted by molar-refractivity contribution is 6.07. The number of H-pyrrole nitrogens is 1. The number of rotatable bonds is 7. The number of carbonyl (C=O) groups is 2. The van der Waals surface area contributed by atoms with Crippen molar-refractivity contribution in [1.29, 1.82) is 0 Å². The fraction of sp³-hybridized carbons (Fsp3) is 0.429. The molecule has 5 heterocycles. The molecule has 2 aliphatic heterocycles. The van der Waals surface area contributed by atoms with Crippen LogP contribution in [-0.4, -0.2) is 75.3 Å². The molecule has 0 unspecified atom stereocenters. The Labute approximate surface area is 230 Å². The van der Waals surface area contributed by atoms with Gasteiger partial charge in [-0.05, 0) is 57.7 Å². The molecule has 0 bridgehead atoms. The fourth-order valence-electron chi connectivity index (χ4n) is 6.00. The second kappa shape index (κ2) is 9.92. The van der Waals surface area contributed by atoms with Gasteiger partial charge in [0.05, 0.1) is 11.6 Å². The Hall–Kier alpha value is -4.48. The fourth-order valence-corrected chi connectivity index (χ4v) is 6.00. The zero-order valence-corrected chi connectivity index (χ0v) is 22.9. The second-order valence-electron chi connectivity index (χ2n) is 10.4. The Bertz CT molecular complexity index is 1670. The monoisotopic (exact) mass is 544 g/mol. The third-order valence-corrected chi connectivity index (χ3v) is 8.37. The predicted octanol–water partition coefficient (Wildman–Crippen LogP) is 2.75. The van der Waals surface area contributed by atoms with Gasteiger partial charge in [0.15, 0.2) is 5.65 Å². The average Bonchev–Trinajstić information content (AvgIpc) is 3.52. The number of nitrogens with zero attached hydrogens (tertiary/aromatic N) is 6. The number of hydrogen-bond donors (Lipinski definition) is 2. The first kappa shape index (κ1) is 25.8. The molecule has 208 valence electrons. The standard InChI is InChI=1S/C28H32N8O4/c1-4-34(5-2)18-6-7-19-17(3)20(25(37)40-22(19)14-18)8-11-36-26(38)28(32-27(36)39)9-12-35(13-10-28)24-21-15-31-33-23(21)29-16-30-24/h6-7,14-16H,4-5,8-13H2,1-3H3,(H,32,39)(H,29,30,31,33). The molecule has 12 nitrogen and oxygen atoms in total. The number of aromatic nitrogens is 4.